The quantitative estimate of drug-likeness (QED) is 0.309. The van der Waals surface area contributed by atoms with E-state index < -0.39 is 6.29 Å². The molecule has 11 heteroatoms. The summed E-state index contributed by atoms with van der Waals surface area (Å²) in [5.74, 6) is -0.656. The number of nitrogens with one attached hydrogen (secondary N) is 1. The minimum absolute atomic E-state index is 0.0230. The van der Waals surface area contributed by atoms with E-state index in [4.69, 9.17) is 4.98 Å². The van der Waals surface area contributed by atoms with Crippen LogP contribution in [0.4, 0.5) is 14.5 Å². The molecule has 1 aromatic carbocycles. The van der Waals surface area contributed by atoms with Crippen LogP contribution in [0.25, 0.3) is 10.2 Å². The van der Waals surface area contributed by atoms with E-state index in [1.807, 2.05) is 0 Å². The molecule has 7 nitrogen and oxygen atoms in total. The van der Waals surface area contributed by atoms with Crippen LogP contribution < -0.4 is 20.3 Å². The highest BCUT2D eigenvalue weighted by atomic mass is 32.2. The molecule has 0 spiro atoms. The van der Waals surface area contributed by atoms with Gasteiger partial charge in [-0.15, -0.1) is 26.7 Å². The third kappa shape index (κ3) is 4.22. The Labute approximate surface area is 195 Å². The number of fused-ring (bicyclic) bond motifs is 4. The molecule has 0 saturated carbocycles. The van der Waals surface area contributed by atoms with Crippen molar-refractivity contribution in [3.8, 4) is 11.5 Å². The van der Waals surface area contributed by atoms with Crippen LogP contribution in [0.15, 0.2) is 40.8 Å². The van der Waals surface area contributed by atoms with E-state index in [1.54, 1.807) is 17.4 Å². The Balaban J connectivity index is 1.35. The van der Waals surface area contributed by atoms with E-state index in [-0.39, 0.29) is 35.3 Å². The van der Waals surface area contributed by atoms with Crippen LogP contribution in [0.5, 0.6) is 11.5 Å². The first-order chi connectivity index (χ1) is 15.8. The van der Waals surface area contributed by atoms with Crippen LogP contribution in [-0.4, -0.2) is 27.5 Å². The molecule has 2 aliphatic rings. The number of allylic oxidation sites excluding steroid dienone is 1. The molecule has 0 saturated heterocycles. The predicted octanol–water partition coefficient (Wildman–Crippen LogP) is 4.58. The number of aryl methyl sites for hydroxylation is 2. The smallest absolute Gasteiger partial charge is 0.395 e. The normalized spacial score (nSPS) is 15.9. The lowest BCUT2D eigenvalue weighted by Crippen LogP contribution is -2.25. The number of hydrogen-bond donors (Lipinski definition) is 1. The first kappa shape index (κ1) is 21.9. The molecule has 1 aliphatic heterocycles. The monoisotopic (exact) mass is 491 g/mol. The zero-order valence-electron chi connectivity index (χ0n) is 17.4. The van der Waals surface area contributed by atoms with E-state index in [2.05, 4.69) is 21.4 Å². The van der Waals surface area contributed by atoms with Gasteiger partial charge in [0.1, 0.15) is 4.83 Å². The van der Waals surface area contributed by atoms with Crippen molar-refractivity contribution in [1.29, 1.82) is 0 Å². The van der Waals surface area contributed by atoms with Crippen molar-refractivity contribution in [2.24, 2.45) is 0 Å². The number of thioether (sulfide) groups is 1. The Morgan fingerprint density at radius 2 is 2.09 bits per heavy atom. The second-order valence-corrected chi connectivity index (χ2v) is 9.68. The second-order valence-electron chi connectivity index (χ2n) is 7.66. The van der Waals surface area contributed by atoms with E-state index in [1.165, 1.54) is 27.6 Å². The van der Waals surface area contributed by atoms with E-state index in [0.717, 1.165) is 43.0 Å². The van der Waals surface area contributed by atoms with Crippen molar-refractivity contribution in [2.45, 2.75) is 43.7 Å². The van der Waals surface area contributed by atoms with Gasteiger partial charge in [0.25, 0.3) is 5.56 Å². The summed E-state index contributed by atoms with van der Waals surface area (Å²) in [5, 5.41) is 3.76. The van der Waals surface area contributed by atoms with Crippen LogP contribution in [0.3, 0.4) is 0 Å². The van der Waals surface area contributed by atoms with Crippen LogP contribution in [0, 0.1) is 0 Å². The molecule has 0 radical (unpaired) electrons. The van der Waals surface area contributed by atoms with Gasteiger partial charge in [0.15, 0.2) is 16.7 Å². The number of alkyl halides is 2. The Kier molecular flexibility index (Phi) is 5.61. The maximum absolute atomic E-state index is 13.2. The lowest BCUT2D eigenvalue weighted by atomic mass is 9.97. The van der Waals surface area contributed by atoms with E-state index in [9.17, 15) is 18.4 Å². The number of carbonyl (C=O) groups is 1. The number of halogens is 2. The van der Waals surface area contributed by atoms with Crippen molar-refractivity contribution < 1.29 is 23.0 Å². The number of carbonyl (C=O) groups excluding carboxylic acids is 1. The number of rotatable bonds is 6. The molecule has 3 heterocycles. The molecule has 1 aliphatic carbocycles. The van der Waals surface area contributed by atoms with Gasteiger partial charge < -0.3 is 14.8 Å². The molecular formula is C22H19F2N3O4S2. The molecule has 0 bridgehead atoms. The molecule has 0 unspecified atom stereocenters. The summed E-state index contributed by atoms with van der Waals surface area (Å²) in [6.07, 6.45) is 1.93. The summed E-state index contributed by atoms with van der Waals surface area (Å²) < 4.78 is 36.7. The number of benzene rings is 1. The maximum atomic E-state index is 13.2. The topological polar surface area (TPSA) is 82.5 Å². The number of nitrogens with zero attached hydrogens (tertiary/aromatic N) is 2. The van der Waals surface area contributed by atoms with Gasteiger partial charge in [-0.1, -0.05) is 17.8 Å². The number of amides is 1. The van der Waals surface area contributed by atoms with Crippen LogP contribution in [0.1, 0.15) is 23.3 Å². The van der Waals surface area contributed by atoms with Gasteiger partial charge in [0.2, 0.25) is 5.91 Å². The second kappa shape index (κ2) is 8.45. The number of ether oxygens (including phenoxy) is 2. The zero-order chi connectivity index (χ0) is 23.2. The van der Waals surface area contributed by atoms with Crippen LogP contribution in [-0.2, 0) is 24.2 Å². The van der Waals surface area contributed by atoms with Crippen LogP contribution in [0.2, 0.25) is 0 Å². The average Bonchev–Trinajstić information content (AvgIpc) is 3.29. The molecule has 2 aromatic heterocycles. The average molecular weight is 492 g/mol. The number of thiophene rings is 1. The molecule has 0 fully saturated rings. The third-order valence-electron chi connectivity index (χ3n) is 5.37. The fourth-order valence-corrected chi connectivity index (χ4v) is 6.09. The van der Waals surface area contributed by atoms with E-state index >= 15 is 0 Å². The summed E-state index contributed by atoms with van der Waals surface area (Å²) in [4.78, 5) is 32.4. The summed E-state index contributed by atoms with van der Waals surface area (Å²) in [6, 6.07) is 4.02. The van der Waals surface area contributed by atoms with E-state index in [0.29, 0.717) is 21.1 Å². The molecule has 172 valence electrons. The van der Waals surface area contributed by atoms with Gasteiger partial charge in [0.05, 0.1) is 11.1 Å². The number of hydrogen-bond acceptors (Lipinski definition) is 7. The van der Waals surface area contributed by atoms with Gasteiger partial charge in [-0.3, -0.25) is 14.2 Å². The lowest BCUT2D eigenvalue weighted by molar-refractivity contribution is -0.286. The maximum Gasteiger partial charge on any atom is 0.586 e. The molecule has 3 aromatic rings. The molecule has 1 N–H and O–H groups in total. The highest BCUT2D eigenvalue weighted by molar-refractivity contribution is 7.99. The van der Waals surface area contributed by atoms with Gasteiger partial charge in [-0.05, 0) is 43.4 Å². The largest absolute Gasteiger partial charge is 0.586 e. The molecule has 5 rings (SSSR count). The van der Waals surface area contributed by atoms with Gasteiger partial charge in [0, 0.05) is 23.2 Å². The SMILES string of the molecule is C=CCn1c(SCC(=O)Nc2ccc3c(c2)OC(F)(F)O3)nc2sc3c(c2c1=O)CCCC3. The molecule has 0 atom stereocenters. The fraction of sp³-hybridized carbons (Fsp3) is 0.318. The standard InChI is InChI=1S/C22H19F2N3O4S2/c1-2-9-27-20(29)18-13-5-3-4-6-16(13)33-19(18)26-21(27)32-11-17(28)25-12-7-8-14-15(10-12)31-22(23,24)30-14/h2,7-8,10H,1,3-6,9,11H2,(H,25,28). The Morgan fingerprint density at radius 3 is 2.91 bits per heavy atom. The zero-order valence-corrected chi connectivity index (χ0v) is 19.0. The summed E-state index contributed by atoms with van der Waals surface area (Å²) >= 11 is 2.69. The predicted molar refractivity (Wildman–Crippen MR) is 123 cm³/mol. The fourth-order valence-electron chi connectivity index (χ4n) is 3.97. The lowest BCUT2D eigenvalue weighted by Gasteiger charge is -2.12. The number of aromatic nitrogens is 2. The summed E-state index contributed by atoms with van der Waals surface area (Å²) in [6.45, 7) is 4.02. The number of anilines is 1. The van der Waals surface area contributed by atoms with Gasteiger partial charge in [-0.2, -0.15) is 0 Å². The van der Waals surface area contributed by atoms with Crippen molar-refractivity contribution in [3.05, 3.63) is 51.6 Å². The Hall–Kier alpha value is -2.92. The highest BCUT2D eigenvalue weighted by Crippen LogP contribution is 2.42. The van der Waals surface area contributed by atoms with Gasteiger partial charge >= 0.3 is 6.29 Å². The summed E-state index contributed by atoms with van der Waals surface area (Å²) in [5.41, 5.74) is 1.29. The van der Waals surface area contributed by atoms with Crippen molar-refractivity contribution in [1.82, 2.24) is 9.55 Å². The Bertz CT molecular complexity index is 1340. The Morgan fingerprint density at radius 1 is 1.30 bits per heavy atom. The molecule has 1 amide bonds. The first-order valence-electron chi connectivity index (χ1n) is 10.3. The minimum atomic E-state index is -3.72. The van der Waals surface area contributed by atoms with Crippen molar-refractivity contribution in [3.63, 3.8) is 0 Å². The van der Waals surface area contributed by atoms with Crippen molar-refractivity contribution >= 4 is 44.9 Å². The van der Waals surface area contributed by atoms with Crippen LogP contribution >= 0.6 is 23.1 Å². The third-order valence-corrected chi connectivity index (χ3v) is 7.53. The van der Waals surface area contributed by atoms with Crippen molar-refractivity contribution in [2.75, 3.05) is 11.1 Å². The highest BCUT2D eigenvalue weighted by Gasteiger charge is 2.43. The molecule has 33 heavy (non-hydrogen) atoms. The minimum Gasteiger partial charge on any atom is -0.395 e. The molecular weight excluding hydrogens is 472 g/mol. The van der Waals surface area contributed by atoms with Gasteiger partial charge in [-0.25, -0.2) is 4.98 Å². The summed E-state index contributed by atoms with van der Waals surface area (Å²) in [7, 11) is 0. The first-order valence-corrected chi connectivity index (χ1v) is 12.1.